The predicted octanol–water partition coefficient (Wildman–Crippen LogP) is 2.19. The Bertz CT molecular complexity index is 431. The van der Waals surface area contributed by atoms with E-state index in [1.165, 1.54) is 0 Å². The van der Waals surface area contributed by atoms with Crippen LogP contribution in [0.4, 0.5) is 0 Å². The van der Waals surface area contributed by atoms with Crippen LogP contribution in [0.3, 0.4) is 0 Å². The molecule has 1 heterocycles. The molecule has 2 unspecified atom stereocenters. The molecule has 0 radical (unpaired) electrons. The highest BCUT2D eigenvalue weighted by atomic mass is 16.5. The monoisotopic (exact) mass is 278 g/mol. The Morgan fingerprint density at radius 1 is 1.40 bits per heavy atom. The number of hydrogen-bond acceptors (Lipinski definition) is 4. The van der Waals surface area contributed by atoms with Crippen LogP contribution in [0.5, 0.6) is 5.75 Å². The van der Waals surface area contributed by atoms with E-state index in [9.17, 15) is 0 Å². The lowest BCUT2D eigenvalue weighted by molar-refractivity contribution is -0.129. The van der Waals surface area contributed by atoms with E-state index in [4.69, 9.17) is 15.2 Å². The normalized spacial score (nSPS) is 24.4. The fourth-order valence-corrected chi connectivity index (χ4v) is 2.96. The summed E-state index contributed by atoms with van der Waals surface area (Å²) in [5.74, 6) is 0.863. The number of benzene rings is 1. The average molecular weight is 278 g/mol. The van der Waals surface area contributed by atoms with Crippen LogP contribution in [-0.4, -0.2) is 43.3 Å². The third-order valence-corrected chi connectivity index (χ3v) is 3.64. The number of methoxy groups -OCH3 is 1. The van der Waals surface area contributed by atoms with Crippen molar-refractivity contribution in [2.24, 2.45) is 5.73 Å². The van der Waals surface area contributed by atoms with Gasteiger partial charge in [-0.1, -0.05) is 12.1 Å². The quantitative estimate of drug-likeness (QED) is 0.917. The second kappa shape index (κ2) is 6.12. The minimum atomic E-state index is -0.0999. The SMILES string of the molecule is COc1ccc(C(N)CN2CC(C)OC(C)(C)C2)cc1. The van der Waals surface area contributed by atoms with Gasteiger partial charge in [0.1, 0.15) is 5.75 Å². The van der Waals surface area contributed by atoms with Crippen LogP contribution >= 0.6 is 0 Å². The summed E-state index contributed by atoms with van der Waals surface area (Å²) in [6.45, 7) is 9.09. The molecule has 0 saturated carbocycles. The van der Waals surface area contributed by atoms with Gasteiger partial charge < -0.3 is 15.2 Å². The molecule has 1 aliphatic rings. The maximum atomic E-state index is 6.33. The van der Waals surface area contributed by atoms with Crippen LogP contribution < -0.4 is 10.5 Å². The van der Waals surface area contributed by atoms with Crippen molar-refractivity contribution in [2.75, 3.05) is 26.7 Å². The first-order valence-corrected chi connectivity index (χ1v) is 7.19. The van der Waals surface area contributed by atoms with Gasteiger partial charge in [-0.15, -0.1) is 0 Å². The van der Waals surface area contributed by atoms with Gasteiger partial charge in [0.15, 0.2) is 0 Å². The Balaban J connectivity index is 1.97. The summed E-state index contributed by atoms with van der Waals surface area (Å²) in [6.07, 6.45) is 0.252. The van der Waals surface area contributed by atoms with E-state index in [2.05, 4.69) is 25.7 Å². The number of morpholine rings is 1. The molecule has 0 spiro atoms. The molecule has 0 aliphatic carbocycles. The highest BCUT2D eigenvalue weighted by molar-refractivity contribution is 5.29. The average Bonchev–Trinajstić information content (AvgIpc) is 2.36. The fraction of sp³-hybridized carbons (Fsp3) is 0.625. The van der Waals surface area contributed by atoms with Gasteiger partial charge >= 0.3 is 0 Å². The van der Waals surface area contributed by atoms with Crippen LogP contribution in [-0.2, 0) is 4.74 Å². The molecule has 2 N–H and O–H groups in total. The first-order chi connectivity index (χ1) is 9.39. The zero-order valence-corrected chi connectivity index (χ0v) is 12.9. The smallest absolute Gasteiger partial charge is 0.118 e. The van der Waals surface area contributed by atoms with Crippen molar-refractivity contribution in [1.29, 1.82) is 0 Å². The Kier molecular flexibility index (Phi) is 4.68. The van der Waals surface area contributed by atoms with Gasteiger partial charge in [-0.3, -0.25) is 4.90 Å². The van der Waals surface area contributed by atoms with E-state index in [0.717, 1.165) is 30.9 Å². The largest absolute Gasteiger partial charge is 0.497 e. The van der Waals surface area contributed by atoms with Crippen molar-refractivity contribution in [3.8, 4) is 5.75 Å². The number of rotatable bonds is 4. The van der Waals surface area contributed by atoms with Crippen LogP contribution in [0.1, 0.15) is 32.4 Å². The van der Waals surface area contributed by atoms with E-state index in [-0.39, 0.29) is 17.7 Å². The summed E-state index contributed by atoms with van der Waals surface area (Å²) in [7, 11) is 1.67. The minimum Gasteiger partial charge on any atom is -0.497 e. The Labute approximate surface area is 121 Å². The maximum absolute atomic E-state index is 6.33. The van der Waals surface area contributed by atoms with Gasteiger partial charge in [-0.25, -0.2) is 0 Å². The Hall–Kier alpha value is -1.10. The van der Waals surface area contributed by atoms with E-state index < -0.39 is 0 Å². The van der Waals surface area contributed by atoms with Crippen molar-refractivity contribution in [3.05, 3.63) is 29.8 Å². The highest BCUT2D eigenvalue weighted by Crippen LogP contribution is 2.23. The molecule has 1 saturated heterocycles. The molecule has 112 valence electrons. The Morgan fingerprint density at radius 2 is 2.05 bits per heavy atom. The van der Waals surface area contributed by atoms with Gasteiger partial charge in [-0.2, -0.15) is 0 Å². The molecule has 1 aromatic carbocycles. The van der Waals surface area contributed by atoms with E-state index >= 15 is 0 Å². The summed E-state index contributed by atoms with van der Waals surface area (Å²) in [5.41, 5.74) is 7.37. The van der Waals surface area contributed by atoms with Crippen molar-refractivity contribution >= 4 is 0 Å². The van der Waals surface area contributed by atoms with Crippen molar-refractivity contribution in [1.82, 2.24) is 4.90 Å². The van der Waals surface area contributed by atoms with Gasteiger partial charge in [0.05, 0.1) is 18.8 Å². The number of nitrogens with two attached hydrogens (primary N) is 1. The molecule has 2 atom stereocenters. The lowest BCUT2D eigenvalue weighted by Gasteiger charge is -2.42. The molecule has 1 aromatic rings. The number of nitrogens with zero attached hydrogens (tertiary/aromatic N) is 1. The van der Waals surface area contributed by atoms with Crippen molar-refractivity contribution in [2.45, 2.75) is 38.5 Å². The molecular weight excluding hydrogens is 252 g/mol. The number of hydrogen-bond donors (Lipinski definition) is 1. The molecule has 0 aromatic heterocycles. The molecule has 2 rings (SSSR count). The predicted molar refractivity (Wildman–Crippen MR) is 81.0 cm³/mol. The van der Waals surface area contributed by atoms with E-state index in [1.54, 1.807) is 7.11 Å². The second-order valence-corrected chi connectivity index (χ2v) is 6.26. The molecule has 0 bridgehead atoms. The molecule has 4 heteroatoms. The van der Waals surface area contributed by atoms with E-state index in [1.807, 2.05) is 24.3 Å². The molecule has 20 heavy (non-hydrogen) atoms. The number of ether oxygens (including phenoxy) is 2. The van der Waals surface area contributed by atoms with Crippen LogP contribution in [0.15, 0.2) is 24.3 Å². The van der Waals surface area contributed by atoms with Gasteiger partial charge in [0, 0.05) is 25.7 Å². The van der Waals surface area contributed by atoms with Crippen LogP contribution in [0.2, 0.25) is 0 Å². The van der Waals surface area contributed by atoms with Gasteiger partial charge in [0.2, 0.25) is 0 Å². The molecule has 1 fully saturated rings. The third kappa shape index (κ3) is 3.95. The Morgan fingerprint density at radius 3 is 2.60 bits per heavy atom. The minimum absolute atomic E-state index is 0.0157. The second-order valence-electron chi connectivity index (χ2n) is 6.26. The topological polar surface area (TPSA) is 47.7 Å². The molecule has 4 nitrogen and oxygen atoms in total. The lowest BCUT2D eigenvalue weighted by atomic mass is 10.0. The standard InChI is InChI=1S/C16H26N2O2/c1-12-9-18(11-16(2,3)20-12)10-15(17)13-5-7-14(19-4)8-6-13/h5-8,12,15H,9-11,17H2,1-4H3. The maximum Gasteiger partial charge on any atom is 0.118 e. The van der Waals surface area contributed by atoms with Crippen molar-refractivity contribution in [3.63, 3.8) is 0 Å². The van der Waals surface area contributed by atoms with Gasteiger partial charge in [0.25, 0.3) is 0 Å². The molecule has 0 amide bonds. The zero-order chi connectivity index (χ0) is 14.8. The molecular formula is C16H26N2O2. The highest BCUT2D eigenvalue weighted by Gasteiger charge is 2.31. The van der Waals surface area contributed by atoms with Crippen molar-refractivity contribution < 1.29 is 9.47 Å². The zero-order valence-electron chi connectivity index (χ0n) is 12.9. The first-order valence-electron chi connectivity index (χ1n) is 7.19. The summed E-state index contributed by atoms with van der Waals surface area (Å²) < 4.78 is 11.1. The van der Waals surface area contributed by atoms with Gasteiger partial charge in [-0.05, 0) is 38.5 Å². The molecule has 1 aliphatic heterocycles. The third-order valence-electron chi connectivity index (χ3n) is 3.64. The first kappa shape index (κ1) is 15.3. The summed E-state index contributed by atoms with van der Waals surface area (Å²) in [4.78, 5) is 2.39. The lowest BCUT2D eigenvalue weighted by Crippen LogP contribution is -2.53. The van der Waals surface area contributed by atoms with Crippen LogP contribution in [0, 0.1) is 0 Å². The summed E-state index contributed by atoms with van der Waals surface area (Å²) in [6, 6.07) is 8.01. The van der Waals surface area contributed by atoms with Crippen LogP contribution in [0.25, 0.3) is 0 Å². The van der Waals surface area contributed by atoms with E-state index in [0.29, 0.717) is 0 Å². The fourth-order valence-electron chi connectivity index (χ4n) is 2.96. The summed E-state index contributed by atoms with van der Waals surface area (Å²) >= 11 is 0. The summed E-state index contributed by atoms with van der Waals surface area (Å²) in [5, 5.41) is 0.